The van der Waals surface area contributed by atoms with Crippen LogP contribution in [0.25, 0.3) is 16.9 Å². The van der Waals surface area contributed by atoms with Gasteiger partial charge in [0.2, 0.25) is 0 Å². The van der Waals surface area contributed by atoms with E-state index in [1.54, 1.807) is 36.1 Å². The third-order valence-electron chi connectivity index (χ3n) is 3.97. The second-order valence-corrected chi connectivity index (χ2v) is 6.73. The highest BCUT2D eigenvalue weighted by atomic mass is 35.5. The molecular formula is C20H19Cl2N3O2. The first-order chi connectivity index (χ1) is 13.1. The molecule has 5 nitrogen and oxygen atoms in total. The fourth-order valence-corrected chi connectivity index (χ4v) is 2.99. The van der Waals surface area contributed by atoms with Crippen LogP contribution in [0.4, 0.5) is 0 Å². The van der Waals surface area contributed by atoms with Crippen LogP contribution in [0.3, 0.4) is 0 Å². The highest BCUT2D eigenvalue weighted by Crippen LogP contribution is 2.28. The van der Waals surface area contributed by atoms with Gasteiger partial charge in [-0.15, -0.1) is 0 Å². The molecule has 7 heteroatoms. The molecule has 0 spiro atoms. The van der Waals surface area contributed by atoms with Gasteiger partial charge in [-0.1, -0.05) is 41.4 Å². The molecule has 27 heavy (non-hydrogen) atoms. The zero-order valence-electron chi connectivity index (χ0n) is 14.8. The van der Waals surface area contributed by atoms with Crippen LogP contribution in [0, 0.1) is 0 Å². The Bertz CT molecular complexity index is 923. The number of nitrogens with zero attached hydrogens (tertiary/aromatic N) is 2. The minimum absolute atomic E-state index is 0.216. The van der Waals surface area contributed by atoms with Crippen LogP contribution < -0.4 is 5.32 Å². The number of amides is 1. The molecule has 0 saturated carbocycles. The number of carbonyl (C=O) groups is 1. The van der Waals surface area contributed by atoms with Crippen LogP contribution in [0.2, 0.25) is 10.0 Å². The number of halogens is 2. The number of methoxy groups -OCH3 is 1. The second kappa shape index (κ2) is 9.04. The van der Waals surface area contributed by atoms with Crippen molar-refractivity contribution in [2.24, 2.45) is 0 Å². The summed E-state index contributed by atoms with van der Waals surface area (Å²) in [6.07, 6.45) is 0.731. The summed E-state index contributed by atoms with van der Waals surface area (Å²) in [5.41, 5.74) is 2.54. The van der Waals surface area contributed by atoms with Gasteiger partial charge in [0.15, 0.2) is 0 Å². The molecule has 0 atom stereocenters. The quantitative estimate of drug-likeness (QED) is 0.585. The van der Waals surface area contributed by atoms with Crippen LogP contribution in [-0.2, 0) is 4.74 Å². The van der Waals surface area contributed by atoms with Gasteiger partial charge in [-0.2, -0.15) is 5.10 Å². The van der Waals surface area contributed by atoms with Crippen molar-refractivity contribution in [2.75, 3.05) is 20.3 Å². The summed E-state index contributed by atoms with van der Waals surface area (Å²) in [6, 6.07) is 16.3. The molecule has 3 rings (SSSR count). The van der Waals surface area contributed by atoms with Crippen molar-refractivity contribution < 1.29 is 9.53 Å². The molecule has 3 aromatic rings. The van der Waals surface area contributed by atoms with E-state index in [0.29, 0.717) is 34.6 Å². The molecule has 0 saturated heterocycles. The van der Waals surface area contributed by atoms with Gasteiger partial charge in [-0.25, -0.2) is 4.68 Å². The zero-order valence-corrected chi connectivity index (χ0v) is 16.3. The lowest BCUT2D eigenvalue weighted by Gasteiger charge is -2.08. The number of nitrogens with one attached hydrogen (secondary N) is 1. The summed E-state index contributed by atoms with van der Waals surface area (Å²) in [5.74, 6) is -0.216. The maximum absolute atomic E-state index is 12.7. The summed E-state index contributed by atoms with van der Waals surface area (Å²) in [6.45, 7) is 1.10. The fraction of sp³-hybridized carbons (Fsp3) is 0.200. The van der Waals surface area contributed by atoms with Gasteiger partial charge in [0.25, 0.3) is 5.91 Å². The molecule has 0 fully saturated rings. The van der Waals surface area contributed by atoms with E-state index in [2.05, 4.69) is 10.4 Å². The first-order valence-electron chi connectivity index (χ1n) is 8.48. The molecule has 1 N–H and O–H groups in total. The normalized spacial score (nSPS) is 10.8. The number of hydrogen-bond donors (Lipinski definition) is 1. The van der Waals surface area contributed by atoms with E-state index in [0.717, 1.165) is 17.7 Å². The predicted octanol–water partition coefficient (Wildman–Crippen LogP) is 4.61. The monoisotopic (exact) mass is 403 g/mol. The molecule has 1 aromatic heterocycles. The zero-order chi connectivity index (χ0) is 19.2. The first-order valence-corrected chi connectivity index (χ1v) is 9.24. The van der Waals surface area contributed by atoms with Gasteiger partial charge in [-0.05, 0) is 42.8 Å². The minimum atomic E-state index is -0.216. The molecule has 0 aliphatic rings. The Hall–Kier alpha value is -2.34. The Kier molecular flexibility index (Phi) is 6.50. The van der Waals surface area contributed by atoms with E-state index in [1.165, 1.54) is 0 Å². The van der Waals surface area contributed by atoms with Crippen molar-refractivity contribution in [3.63, 3.8) is 0 Å². The molecule has 1 amide bonds. The van der Waals surface area contributed by atoms with E-state index in [4.69, 9.17) is 27.9 Å². The lowest BCUT2D eigenvalue weighted by atomic mass is 10.1. The Labute approximate surface area is 167 Å². The highest BCUT2D eigenvalue weighted by Gasteiger charge is 2.18. The smallest absolute Gasteiger partial charge is 0.270 e. The predicted molar refractivity (Wildman–Crippen MR) is 108 cm³/mol. The van der Waals surface area contributed by atoms with E-state index in [9.17, 15) is 4.79 Å². The van der Waals surface area contributed by atoms with Crippen LogP contribution >= 0.6 is 23.2 Å². The maximum Gasteiger partial charge on any atom is 0.270 e. The first kappa shape index (κ1) is 19.4. The lowest BCUT2D eigenvalue weighted by molar-refractivity contribution is 0.0941. The standard InChI is InChI=1S/C20H19Cl2N3O2/c1-27-12-4-11-23-20(26)19-13-18(16-5-2-3-6-17(16)22)24-25(19)15-9-7-14(21)8-10-15/h2-3,5-10,13H,4,11-12H2,1H3,(H,23,26). The van der Waals surface area contributed by atoms with Gasteiger partial charge in [0, 0.05) is 30.8 Å². The van der Waals surface area contributed by atoms with E-state index in [1.807, 2.05) is 30.3 Å². The maximum atomic E-state index is 12.7. The Morgan fingerprint density at radius 3 is 2.59 bits per heavy atom. The molecule has 0 radical (unpaired) electrons. The highest BCUT2D eigenvalue weighted by molar-refractivity contribution is 6.33. The Morgan fingerprint density at radius 2 is 1.89 bits per heavy atom. The molecule has 0 unspecified atom stereocenters. The number of benzene rings is 2. The van der Waals surface area contributed by atoms with Crippen molar-refractivity contribution >= 4 is 29.1 Å². The van der Waals surface area contributed by atoms with E-state index < -0.39 is 0 Å². The van der Waals surface area contributed by atoms with Gasteiger partial charge in [-0.3, -0.25) is 4.79 Å². The topological polar surface area (TPSA) is 56.1 Å². The number of rotatable bonds is 7. The average molecular weight is 404 g/mol. The molecule has 0 aliphatic heterocycles. The number of hydrogen-bond acceptors (Lipinski definition) is 3. The van der Waals surface area contributed by atoms with Gasteiger partial charge < -0.3 is 10.1 Å². The molecule has 1 heterocycles. The molecular weight excluding hydrogens is 385 g/mol. The van der Waals surface area contributed by atoms with Crippen molar-refractivity contribution in [3.8, 4) is 16.9 Å². The second-order valence-electron chi connectivity index (χ2n) is 5.89. The number of aromatic nitrogens is 2. The van der Waals surface area contributed by atoms with Crippen molar-refractivity contribution in [1.82, 2.24) is 15.1 Å². The van der Waals surface area contributed by atoms with Crippen molar-refractivity contribution in [3.05, 3.63) is 70.3 Å². The van der Waals surface area contributed by atoms with Gasteiger partial charge in [0.05, 0.1) is 16.4 Å². The van der Waals surface area contributed by atoms with Crippen molar-refractivity contribution in [2.45, 2.75) is 6.42 Å². The SMILES string of the molecule is COCCCNC(=O)c1cc(-c2ccccc2Cl)nn1-c1ccc(Cl)cc1. The molecule has 0 bridgehead atoms. The van der Waals surface area contributed by atoms with Gasteiger partial charge >= 0.3 is 0 Å². The third-order valence-corrected chi connectivity index (χ3v) is 4.56. The van der Waals surface area contributed by atoms with Crippen LogP contribution in [0.5, 0.6) is 0 Å². The Morgan fingerprint density at radius 1 is 1.15 bits per heavy atom. The molecule has 2 aromatic carbocycles. The largest absolute Gasteiger partial charge is 0.385 e. The summed E-state index contributed by atoms with van der Waals surface area (Å²) in [5, 5.41) is 8.69. The average Bonchev–Trinajstić information content (AvgIpc) is 3.11. The summed E-state index contributed by atoms with van der Waals surface area (Å²) in [7, 11) is 1.63. The number of carbonyl (C=O) groups excluding carboxylic acids is 1. The van der Waals surface area contributed by atoms with Crippen LogP contribution in [0.1, 0.15) is 16.9 Å². The lowest BCUT2D eigenvalue weighted by Crippen LogP contribution is -2.27. The number of ether oxygens (including phenoxy) is 1. The summed E-state index contributed by atoms with van der Waals surface area (Å²) in [4.78, 5) is 12.7. The molecule has 0 aliphatic carbocycles. The van der Waals surface area contributed by atoms with Crippen LogP contribution in [0.15, 0.2) is 54.6 Å². The minimum Gasteiger partial charge on any atom is -0.385 e. The van der Waals surface area contributed by atoms with Crippen LogP contribution in [-0.4, -0.2) is 35.9 Å². The Balaban J connectivity index is 1.98. The van der Waals surface area contributed by atoms with Crippen molar-refractivity contribution in [1.29, 1.82) is 0 Å². The third kappa shape index (κ3) is 4.69. The van der Waals surface area contributed by atoms with Gasteiger partial charge in [0.1, 0.15) is 5.69 Å². The van der Waals surface area contributed by atoms with E-state index >= 15 is 0 Å². The fourth-order valence-electron chi connectivity index (χ4n) is 2.63. The molecule has 140 valence electrons. The summed E-state index contributed by atoms with van der Waals surface area (Å²) >= 11 is 12.3. The van der Waals surface area contributed by atoms with E-state index in [-0.39, 0.29) is 5.91 Å². The summed E-state index contributed by atoms with van der Waals surface area (Å²) < 4.78 is 6.61.